The molecule has 20 heavy (non-hydrogen) atoms. The van der Waals surface area contributed by atoms with E-state index < -0.39 is 0 Å². The quantitative estimate of drug-likeness (QED) is 0.580. The van der Waals surface area contributed by atoms with E-state index in [0.717, 1.165) is 22.6 Å². The molecule has 0 aliphatic heterocycles. The van der Waals surface area contributed by atoms with E-state index in [1.54, 1.807) is 29.4 Å². The summed E-state index contributed by atoms with van der Waals surface area (Å²) in [4.78, 5) is 0. The molecule has 0 spiro atoms. The first-order chi connectivity index (χ1) is 9.92. The number of rotatable bonds is 5. The summed E-state index contributed by atoms with van der Waals surface area (Å²) in [7, 11) is 0. The third-order valence-corrected chi connectivity index (χ3v) is 4.39. The van der Waals surface area contributed by atoms with Crippen LogP contribution in [0.4, 0.5) is 0 Å². The zero-order chi connectivity index (χ0) is 13.6. The summed E-state index contributed by atoms with van der Waals surface area (Å²) in [6.45, 7) is 0. The fraction of sp³-hybridized carbons (Fsp3) is 0.0588. The smallest absolute Gasteiger partial charge is 0.135 e. The fourth-order valence-corrected chi connectivity index (χ4v) is 3.22. The van der Waals surface area contributed by atoms with E-state index in [0.29, 0.717) is 0 Å². The zero-order valence-corrected chi connectivity index (χ0v) is 12.5. The Morgan fingerprint density at radius 1 is 1.15 bits per heavy atom. The van der Waals surface area contributed by atoms with Crippen LogP contribution < -0.4 is 0 Å². The molecule has 2 aromatic heterocycles. The van der Waals surface area contributed by atoms with Gasteiger partial charge in [-0.05, 0) is 34.6 Å². The molecule has 0 saturated carbocycles. The number of furan rings is 1. The SMILES string of the molecule is C(=C\c1coc(-c2ccsc2)c1)/SCc1ccccc1. The Bertz CT molecular complexity index is 666. The highest BCUT2D eigenvalue weighted by molar-refractivity contribution is 8.01. The maximum atomic E-state index is 5.57. The summed E-state index contributed by atoms with van der Waals surface area (Å²) in [6.07, 6.45) is 3.89. The minimum Gasteiger partial charge on any atom is -0.464 e. The average molecular weight is 298 g/mol. The van der Waals surface area contributed by atoms with Crippen LogP contribution in [0.2, 0.25) is 0 Å². The molecule has 0 aliphatic rings. The van der Waals surface area contributed by atoms with Crippen LogP contribution in [0.1, 0.15) is 11.1 Å². The predicted octanol–water partition coefficient (Wildman–Crippen LogP) is 5.91. The van der Waals surface area contributed by atoms with Gasteiger partial charge in [-0.2, -0.15) is 11.3 Å². The van der Waals surface area contributed by atoms with Crippen molar-refractivity contribution < 1.29 is 4.42 Å². The van der Waals surface area contributed by atoms with E-state index in [1.165, 1.54) is 5.56 Å². The Kier molecular flexibility index (Phi) is 4.41. The highest BCUT2D eigenvalue weighted by Gasteiger charge is 2.02. The van der Waals surface area contributed by atoms with Crippen molar-refractivity contribution in [1.82, 2.24) is 0 Å². The highest BCUT2D eigenvalue weighted by Crippen LogP contribution is 2.25. The van der Waals surface area contributed by atoms with Crippen molar-refractivity contribution in [1.29, 1.82) is 0 Å². The van der Waals surface area contributed by atoms with Gasteiger partial charge in [0.05, 0.1) is 6.26 Å². The van der Waals surface area contributed by atoms with Crippen LogP contribution in [0.3, 0.4) is 0 Å². The highest BCUT2D eigenvalue weighted by atomic mass is 32.2. The summed E-state index contributed by atoms with van der Waals surface area (Å²) >= 11 is 3.47. The summed E-state index contributed by atoms with van der Waals surface area (Å²) in [5, 5.41) is 6.27. The van der Waals surface area contributed by atoms with Gasteiger partial charge in [0.1, 0.15) is 5.76 Å². The number of thiophene rings is 1. The second-order valence-electron chi connectivity index (χ2n) is 4.36. The molecule has 100 valence electrons. The largest absolute Gasteiger partial charge is 0.464 e. The molecule has 3 aromatic rings. The van der Waals surface area contributed by atoms with Crippen molar-refractivity contribution in [3.05, 3.63) is 76.0 Å². The van der Waals surface area contributed by atoms with Crippen LogP contribution in [0.5, 0.6) is 0 Å². The summed E-state index contributed by atoms with van der Waals surface area (Å²) in [6, 6.07) is 14.6. The Balaban J connectivity index is 1.57. The molecular weight excluding hydrogens is 284 g/mol. The van der Waals surface area contributed by atoms with Crippen LogP contribution in [0.25, 0.3) is 17.4 Å². The molecule has 2 heterocycles. The zero-order valence-electron chi connectivity index (χ0n) is 10.9. The number of thioether (sulfide) groups is 1. The van der Waals surface area contributed by atoms with E-state index >= 15 is 0 Å². The summed E-state index contributed by atoms with van der Waals surface area (Å²) in [5.41, 5.74) is 3.59. The standard InChI is InChI=1S/C17H14OS2/c1-2-4-14(5-3-1)12-19-8-6-15-10-17(18-11-15)16-7-9-20-13-16/h1-11,13H,12H2/b8-6+. The van der Waals surface area contributed by atoms with Crippen molar-refractivity contribution in [3.63, 3.8) is 0 Å². The second-order valence-corrected chi connectivity index (χ2v) is 6.03. The van der Waals surface area contributed by atoms with Gasteiger partial charge in [-0.25, -0.2) is 0 Å². The lowest BCUT2D eigenvalue weighted by Crippen LogP contribution is -1.75. The molecule has 0 saturated heterocycles. The summed E-state index contributed by atoms with van der Waals surface area (Å²) < 4.78 is 5.57. The Morgan fingerprint density at radius 2 is 2.05 bits per heavy atom. The third-order valence-electron chi connectivity index (χ3n) is 2.87. The molecule has 3 heteroatoms. The van der Waals surface area contributed by atoms with Gasteiger partial charge in [-0.3, -0.25) is 0 Å². The molecule has 0 radical (unpaired) electrons. The Labute approximate surface area is 127 Å². The van der Waals surface area contributed by atoms with Crippen LogP contribution in [-0.2, 0) is 5.75 Å². The van der Waals surface area contributed by atoms with E-state index in [4.69, 9.17) is 4.42 Å². The van der Waals surface area contributed by atoms with Crippen molar-refractivity contribution in [3.8, 4) is 11.3 Å². The number of hydrogen-bond donors (Lipinski definition) is 0. The van der Waals surface area contributed by atoms with E-state index in [2.05, 4.69) is 58.6 Å². The number of benzene rings is 1. The van der Waals surface area contributed by atoms with Crippen molar-refractivity contribution in [2.45, 2.75) is 5.75 Å². The first-order valence-electron chi connectivity index (χ1n) is 6.35. The monoisotopic (exact) mass is 298 g/mol. The van der Waals surface area contributed by atoms with Crippen molar-refractivity contribution in [2.75, 3.05) is 0 Å². The Hall–Kier alpha value is -1.71. The van der Waals surface area contributed by atoms with Crippen LogP contribution in [-0.4, -0.2) is 0 Å². The van der Waals surface area contributed by atoms with Gasteiger partial charge in [0, 0.05) is 22.3 Å². The molecule has 0 bridgehead atoms. The van der Waals surface area contributed by atoms with Gasteiger partial charge in [0.15, 0.2) is 0 Å². The molecule has 0 N–H and O–H groups in total. The van der Waals surface area contributed by atoms with E-state index in [1.807, 2.05) is 6.07 Å². The first kappa shape index (κ1) is 13.3. The second kappa shape index (κ2) is 6.64. The lowest BCUT2D eigenvalue weighted by molar-refractivity contribution is 0.582. The predicted molar refractivity (Wildman–Crippen MR) is 88.8 cm³/mol. The molecule has 0 unspecified atom stereocenters. The van der Waals surface area contributed by atoms with E-state index in [-0.39, 0.29) is 0 Å². The van der Waals surface area contributed by atoms with Gasteiger partial charge in [0.25, 0.3) is 0 Å². The fourth-order valence-electron chi connectivity index (χ4n) is 1.84. The maximum absolute atomic E-state index is 5.57. The average Bonchev–Trinajstić information content (AvgIpc) is 3.15. The van der Waals surface area contributed by atoms with Gasteiger partial charge >= 0.3 is 0 Å². The molecule has 0 aliphatic carbocycles. The minimum atomic E-state index is 0.930. The normalized spacial score (nSPS) is 11.2. The molecule has 0 amide bonds. The lowest BCUT2D eigenvalue weighted by Gasteiger charge is -1.95. The molecule has 0 fully saturated rings. The maximum Gasteiger partial charge on any atom is 0.135 e. The molecular formula is C17H14OS2. The topological polar surface area (TPSA) is 13.1 Å². The molecule has 0 atom stereocenters. The van der Waals surface area contributed by atoms with Gasteiger partial charge < -0.3 is 4.42 Å². The van der Waals surface area contributed by atoms with E-state index in [9.17, 15) is 0 Å². The lowest BCUT2D eigenvalue weighted by atomic mass is 10.2. The molecule has 3 rings (SSSR count). The molecule has 1 aromatic carbocycles. The molecule has 1 nitrogen and oxygen atoms in total. The minimum absolute atomic E-state index is 0.930. The summed E-state index contributed by atoms with van der Waals surface area (Å²) in [5.74, 6) is 1.92. The van der Waals surface area contributed by atoms with Crippen molar-refractivity contribution in [2.24, 2.45) is 0 Å². The van der Waals surface area contributed by atoms with Crippen LogP contribution in [0, 0.1) is 0 Å². The van der Waals surface area contributed by atoms with Crippen molar-refractivity contribution >= 4 is 29.2 Å². The first-order valence-corrected chi connectivity index (χ1v) is 8.34. The van der Waals surface area contributed by atoms with Gasteiger partial charge in [-0.15, -0.1) is 11.8 Å². The van der Waals surface area contributed by atoms with Crippen LogP contribution in [0.15, 0.2) is 69.3 Å². The number of hydrogen-bond acceptors (Lipinski definition) is 3. The Morgan fingerprint density at radius 3 is 2.85 bits per heavy atom. The van der Waals surface area contributed by atoms with Crippen LogP contribution >= 0.6 is 23.1 Å². The van der Waals surface area contributed by atoms with Gasteiger partial charge in [-0.1, -0.05) is 30.3 Å². The van der Waals surface area contributed by atoms with Gasteiger partial charge in [0.2, 0.25) is 0 Å². The third kappa shape index (κ3) is 3.44.